The van der Waals surface area contributed by atoms with E-state index in [0.717, 1.165) is 22.9 Å². The molecule has 10 nitrogen and oxygen atoms in total. The number of nitrogens with two attached hydrogens (primary N) is 1. The fraction of sp³-hybridized carbons (Fsp3) is 0.429. The van der Waals surface area contributed by atoms with Gasteiger partial charge >= 0.3 is 24.5 Å². The van der Waals surface area contributed by atoms with Crippen LogP contribution >= 0.6 is 0 Å². The SMILES string of the molecule is CCC1NC(C(=O)O)CC12CCN(c1cc(O[C@H](c3ccc(-c4cc(C(F)(F)F)cc(C(F)(F)F)c4)cc3-n3ccc(C)n3)C(F)(F)F)nc(N)n1)CC2. The van der Waals surface area contributed by atoms with E-state index in [4.69, 9.17) is 10.5 Å². The van der Waals surface area contributed by atoms with E-state index in [9.17, 15) is 49.4 Å². The lowest BCUT2D eigenvalue weighted by molar-refractivity contribution is -0.198. The summed E-state index contributed by atoms with van der Waals surface area (Å²) in [5.41, 5.74) is 1.06. The van der Waals surface area contributed by atoms with Gasteiger partial charge in [-0.3, -0.25) is 4.79 Å². The number of alkyl halides is 9. The Morgan fingerprint density at radius 3 is 2.15 bits per heavy atom. The predicted octanol–water partition coefficient (Wildman–Crippen LogP) is 7.75. The van der Waals surface area contributed by atoms with Crippen LogP contribution in [0.3, 0.4) is 0 Å². The molecule has 54 heavy (non-hydrogen) atoms. The number of anilines is 2. The minimum Gasteiger partial charge on any atom is -0.480 e. The zero-order valence-electron chi connectivity index (χ0n) is 28.6. The molecule has 2 aliphatic heterocycles. The molecular formula is C35H34F9N7O3. The van der Waals surface area contributed by atoms with Crippen LogP contribution in [0, 0.1) is 12.3 Å². The Hall–Kier alpha value is -5.07. The summed E-state index contributed by atoms with van der Waals surface area (Å²) >= 11 is 0. The van der Waals surface area contributed by atoms with Crippen LogP contribution in [0.15, 0.2) is 54.7 Å². The van der Waals surface area contributed by atoms with Gasteiger partial charge in [0.2, 0.25) is 17.9 Å². The molecule has 2 aromatic heterocycles. The summed E-state index contributed by atoms with van der Waals surface area (Å²) in [6.07, 6.45) is -14.7. The highest BCUT2D eigenvalue weighted by Gasteiger charge is 2.50. The molecule has 0 bridgehead atoms. The van der Waals surface area contributed by atoms with Gasteiger partial charge in [0.15, 0.2) is 0 Å². The topological polar surface area (TPSA) is 131 Å². The number of carboxylic acids is 1. The highest BCUT2D eigenvalue weighted by atomic mass is 19.4. The van der Waals surface area contributed by atoms with Crippen molar-refractivity contribution in [2.24, 2.45) is 5.41 Å². The van der Waals surface area contributed by atoms with Crippen LogP contribution in [0.25, 0.3) is 16.8 Å². The number of piperidine rings is 1. The number of carbonyl (C=O) groups is 1. The molecule has 2 aliphatic rings. The predicted molar refractivity (Wildman–Crippen MR) is 177 cm³/mol. The van der Waals surface area contributed by atoms with E-state index in [2.05, 4.69) is 20.4 Å². The number of halogens is 9. The zero-order chi connectivity index (χ0) is 39.4. The molecule has 3 atom stereocenters. The van der Waals surface area contributed by atoms with Crippen LogP contribution in [0.4, 0.5) is 51.3 Å². The standard InChI is InChI=1S/C35H34F9N7O3/c1-3-26-32(17-24(46-26)30(52)53)7-10-50(11-8-32)27-16-28(48-31(45)47-27)54-29(35(42,43)44)23-5-4-19(14-25(23)51-9-6-18(2)49-51)20-12-21(33(36,37)38)15-22(13-20)34(39,40)41/h4-6,9,12-16,24,26,29,46H,3,7-8,10-11,17H2,1-2H3,(H,52,53)(H2,45,47,48)/t24?,26?,29-/m1/s1. The summed E-state index contributed by atoms with van der Waals surface area (Å²) in [6.45, 7) is 4.27. The molecule has 1 spiro atoms. The van der Waals surface area contributed by atoms with Crippen molar-refractivity contribution in [3.8, 4) is 22.7 Å². The fourth-order valence-corrected chi connectivity index (χ4v) is 7.36. The van der Waals surface area contributed by atoms with Gasteiger partial charge in [0.05, 0.1) is 22.5 Å². The molecule has 2 fully saturated rings. The van der Waals surface area contributed by atoms with Crippen molar-refractivity contribution in [3.05, 3.63) is 77.1 Å². The minimum atomic E-state index is -5.16. The Labute approximate surface area is 302 Å². The summed E-state index contributed by atoms with van der Waals surface area (Å²) in [5.74, 6) is -1.72. The van der Waals surface area contributed by atoms with Gasteiger partial charge in [-0.2, -0.15) is 54.6 Å². The van der Waals surface area contributed by atoms with Crippen molar-refractivity contribution in [2.45, 2.75) is 76.2 Å². The van der Waals surface area contributed by atoms with Gasteiger partial charge in [0.25, 0.3) is 0 Å². The van der Waals surface area contributed by atoms with Crippen LogP contribution in [-0.4, -0.2) is 62.2 Å². The normalized spacial score (nSPS) is 19.6. The van der Waals surface area contributed by atoms with Gasteiger partial charge in [-0.05, 0) is 79.5 Å². The third kappa shape index (κ3) is 7.90. The first kappa shape index (κ1) is 38.6. The zero-order valence-corrected chi connectivity index (χ0v) is 28.6. The Balaban J connectivity index is 1.35. The molecule has 2 saturated heterocycles. The number of benzene rings is 2. The number of hydrogen-bond acceptors (Lipinski definition) is 8. The van der Waals surface area contributed by atoms with Crippen LogP contribution in [0.1, 0.15) is 61.1 Å². The van der Waals surface area contributed by atoms with E-state index in [1.807, 2.05) is 6.92 Å². The van der Waals surface area contributed by atoms with E-state index in [-0.39, 0.29) is 34.6 Å². The number of ether oxygens (including phenoxy) is 1. The quantitative estimate of drug-likeness (QED) is 0.154. The van der Waals surface area contributed by atoms with Crippen LogP contribution in [0.5, 0.6) is 5.88 Å². The maximum atomic E-state index is 14.9. The first-order valence-corrected chi connectivity index (χ1v) is 16.7. The van der Waals surface area contributed by atoms with E-state index < -0.39 is 70.7 Å². The first-order chi connectivity index (χ1) is 25.2. The van der Waals surface area contributed by atoms with Gasteiger partial charge in [0, 0.05) is 37.0 Å². The van der Waals surface area contributed by atoms with Gasteiger partial charge in [-0.1, -0.05) is 19.1 Å². The lowest BCUT2D eigenvalue weighted by Gasteiger charge is -2.43. The minimum absolute atomic E-state index is 0.0397. The van der Waals surface area contributed by atoms with Crippen molar-refractivity contribution in [2.75, 3.05) is 23.7 Å². The van der Waals surface area contributed by atoms with Crippen LogP contribution < -0.4 is 20.7 Å². The Morgan fingerprint density at radius 2 is 1.61 bits per heavy atom. The Bertz CT molecular complexity index is 1990. The van der Waals surface area contributed by atoms with E-state index in [1.165, 1.54) is 25.3 Å². The summed E-state index contributed by atoms with van der Waals surface area (Å²) < 4.78 is 133. The summed E-state index contributed by atoms with van der Waals surface area (Å²) in [7, 11) is 0. The van der Waals surface area contributed by atoms with E-state index >= 15 is 0 Å². The molecule has 290 valence electrons. The molecule has 2 aromatic carbocycles. The summed E-state index contributed by atoms with van der Waals surface area (Å²) in [4.78, 5) is 21.6. The number of aromatic nitrogens is 4. The summed E-state index contributed by atoms with van der Waals surface area (Å²) in [6, 6.07) is 5.66. The van der Waals surface area contributed by atoms with Gasteiger partial charge in [-0.25, -0.2) is 4.68 Å². The lowest BCUT2D eigenvalue weighted by Crippen LogP contribution is -2.46. The number of aliphatic carboxylic acids is 1. The third-order valence-corrected chi connectivity index (χ3v) is 9.99. The number of rotatable bonds is 8. The second-order valence-corrected chi connectivity index (χ2v) is 13.5. The Morgan fingerprint density at radius 1 is 0.963 bits per heavy atom. The highest BCUT2D eigenvalue weighted by Crippen LogP contribution is 2.47. The fourth-order valence-electron chi connectivity index (χ4n) is 7.36. The maximum absolute atomic E-state index is 14.9. The lowest BCUT2D eigenvalue weighted by atomic mass is 9.71. The molecule has 0 saturated carbocycles. The Kier molecular flexibility index (Phi) is 10.00. The monoisotopic (exact) mass is 771 g/mol. The molecule has 0 amide bonds. The highest BCUT2D eigenvalue weighted by molar-refractivity contribution is 5.74. The molecule has 2 unspecified atom stereocenters. The summed E-state index contributed by atoms with van der Waals surface area (Å²) in [5, 5.41) is 16.9. The molecule has 6 rings (SSSR count). The molecular weight excluding hydrogens is 737 g/mol. The van der Waals surface area contributed by atoms with Gasteiger partial charge in [-0.15, -0.1) is 0 Å². The average Bonchev–Trinajstić information content (AvgIpc) is 3.69. The maximum Gasteiger partial charge on any atom is 0.429 e. The molecule has 4 N–H and O–H groups in total. The van der Waals surface area contributed by atoms with Crippen molar-refractivity contribution >= 4 is 17.7 Å². The second-order valence-electron chi connectivity index (χ2n) is 13.5. The smallest absolute Gasteiger partial charge is 0.429 e. The van der Waals surface area contributed by atoms with Gasteiger partial charge in [0.1, 0.15) is 11.9 Å². The van der Waals surface area contributed by atoms with Crippen LogP contribution in [-0.2, 0) is 17.1 Å². The van der Waals surface area contributed by atoms with Crippen molar-refractivity contribution in [3.63, 3.8) is 0 Å². The number of nitrogens with zero attached hydrogens (tertiary/aromatic N) is 5. The van der Waals surface area contributed by atoms with Crippen molar-refractivity contribution in [1.82, 2.24) is 25.1 Å². The van der Waals surface area contributed by atoms with Crippen molar-refractivity contribution < 1.29 is 54.2 Å². The molecule has 0 aliphatic carbocycles. The van der Waals surface area contributed by atoms with E-state index in [0.29, 0.717) is 56.6 Å². The molecule has 19 heteroatoms. The number of carboxylic acid groups (broad SMARTS) is 1. The molecule has 4 aromatic rings. The number of hydrogen-bond donors (Lipinski definition) is 3. The molecule has 4 heterocycles. The largest absolute Gasteiger partial charge is 0.480 e. The van der Waals surface area contributed by atoms with E-state index in [1.54, 1.807) is 4.90 Å². The number of nitrogens with one attached hydrogen (secondary N) is 1. The van der Waals surface area contributed by atoms with Crippen LogP contribution in [0.2, 0.25) is 0 Å². The second kappa shape index (κ2) is 14.0. The first-order valence-electron chi connectivity index (χ1n) is 16.7. The number of nitrogen functional groups attached to an aromatic ring is 1. The third-order valence-electron chi connectivity index (χ3n) is 9.99. The number of aryl methyl sites for hydroxylation is 1. The molecule has 0 radical (unpaired) electrons. The average molecular weight is 772 g/mol. The van der Waals surface area contributed by atoms with Crippen molar-refractivity contribution in [1.29, 1.82) is 0 Å². The van der Waals surface area contributed by atoms with Gasteiger partial charge < -0.3 is 25.8 Å².